The molecule has 0 N–H and O–H groups in total. The van der Waals surface area contributed by atoms with Gasteiger partial charge in [-0.15, -0.1) is 0 Å². The Hall–Kier alpha value is -2.34. The summed E-state index contributed by atoms with van der Waals surface area (Å²) in [5.74, 6) is 0.661. The van der Waals surface area contributed by atoms with Gasteiger partial charge in [0.1, 0.15) is 0 Å². The van der Waals surface area contributed by atoms with Crippen LogP contribution in [0, 0.1) is 0 Å². The van der Waals surface area contributed by atoms with E-state index in [9.17, 15) is 0 Å². The molecule has 0 nitrogen and oxygen atoms in total. The Labute approximate surface area is 152 Å². The van der Waals surface area contributed by atoms with Gasteiger partial charge in [-0.1, -0.05) is 98.8 Å². The zero-order valence-electron chi connectivity index (χ0n) is 15.6. The maximum Gasteiger partial charge on any atom is 0.0423 e. The lowest BCUT2D eigenvalue weighted by molar-refractivity contribution is 0.639. The van der Waals surface area contributed by atoms with Gasteiger partial charge in [0.25, 0.3) is 0 Å². The molecule has 0 saturated carbocycles. The molecule has 0 aliphatic heterocycles. The normalized spacial score (nSPS) is 11.7. The van der Waals surface area contributed by atoms with Crippen LogP contribution in [0.15, 0.2) is 84.9 Å². The van der Waals surface area contributed by atoms with Crippen LogP contribution in [0.1, 0.15) is 61.8 Å². The van der Waals surface area contributed by atoms with Crippen LogP contribution in [0.3, 0.4) is 0 Å². The van der Waals surface area contributed by atoms with Crippen molar-refractivity contribution >= 4 is 0 Å². The fourth-order valence-electron chi connectivity index (χ4n) is 3.89. The van der Waals surface area contributed by atoms with E-state index in [1.807, 2.05) is 0 Å². The van der Waals surface area contributed by atoms with E-state index in [0.717, 1.165) is 0 Å². The Bertz CT molecular complexity index is 726. The second kappa shape index (κ2) is 7.70. The molecule has 0 heteroatoms. The zero-order valence-corrected chi connectivity index (χ0v) is 15.6. The summed E-state index contributed by atoms with van der Waals surface area (Å²) in [5.41, 5.74) is 5.32. The van der Waals surface area contributed by atoms with E-state index in [2.05, 4.69) is 106 Å². The fraction of sp³-hybridized carbons (Fsp3) is 0.280. The van der Waals surface area contributed by atoms with E-state index in [0.29, 0.717) is 5.92 Å². The van der Waals surface area contributed by atoms with E-state index in [1.54, 1.807) is 0 Å². The number of benzene rings is 3. The third-order valence-corrected chi connectivity index (χ3v) is 5.65. The Morgan fingerprint density at radius 2 is 1.00 bits per heavy atom. The molecule has 0 aliphatic rings. The lowest BCUT2D eigenvalue weighted by Gasteiger charge is -2.32. The minimum absolute atomic E-state index is 0.144. The third kappa shape index (κ3) is 3.39. The van der Waals surface area contributed by atoms with Gasteiger partial charge in [0.2, 0.25) is 0 Å². The van der Waals surface area contributed by atoms with E-state index in [1.165, 1.54) is 35.1 Å². The monoisotopic (exact) mass is 328 g/mol. The number of rotatable bonds is 6. The van der Waals surface area contributed by atoms with Crippen LogP contribution in [0.25, 0.3) is 0 Å². The molecular formula is C25H28. The number of hydrogen-bond donors (Lipinski definition) is 0. The van der Waals surface area contributed by atoms with Crippen LogP contribution in [0.2, 0.25) is 0 Å². The molecule has 0 amide bonds. The summed E-state index contributed by atoms with van der Waals surface area (Å²) in [7, 11) is 0. The average molecular weight is 328 g/mol. The summed E-state index contributed by atoms with van der Waals surface area (Å²) in [4.78, 5) is 0. The first-order valence-corrected chi connectivity index (χ1v) is 9.41. The van der Waals surface area contributed by atoms with E-state index >= 15 is 0 Å². The van der Waals surface area contributed by atoms with Crippen LogP contribution >= 0.6 is 0 Å². The van der Waals surface area contributed by atoms with Crippen LogP contribution in [-0.2, 0) is 5.41 Å². The molecule has 3 aromatic rings. The summed E-state index contributed by atoms with van der Waals surface area (Å²) < 4.78 is 0. The molecule has 128 valence electrons. The first-order valence-electron chi connectivity index (χ1n) is 9.41. The molecule has 3 aromatic carbocycles. The van der Waals surface area contributed by atoms with Gasteiger partial charge in [-0.3, -0.25) is 0 Å². The van der Waals surface area contributed by atoms with Crippen molar-refractivity contribution in [3.63, 3.8) is 0 Å². The van der Waals surface area contributed by atoms with Crippen molar-refractivity contribution in [1.82, 2.24) is 0 Å². The highest BCUT2D eigenvalue weighted by molar-refractivity contribution is 5.49. The van der Waals surface area contributed by atoms with Crippen molar-refractivity contribution in [1.29, 1.82) is 0 Å². The third-order valence-electron chi connectivity index (χ3n) is 5.65. The molecule has 0 unspecified atom stereocenters. The minimum atomic E-state index is -0.144. The Balaban J connectivity index is 2.10. The average Bonchev–Trinajstić information content (AvgIpc) is 2.70. The highest BCUT2D eigenvalue weighted by Gasteiger charge is 2.30. The molecule has 0 aliphatic carbocycles. The quantitative estimate of drug-likeness (QED) is 0.430. The predicted octanol–water partition coefficient (Wildman–Crippen LogP) is 6.94. The lowest BCUT2D eigenvalue weighted by atomic mass is 9.71. The maximum absolute atomic E-state index is 2.34. The molecule has 0 radical (unpaired) electrons. The zero-order chi connectivity index (χ0) is 17.7. The van der Waals surface area contributed by atoms with Crippen molar-refractivity contribution in [3.8, 4) is 0 Å². The summed E-state index contributed by atoms with van der Waals surface area (Å²) in [6.45, 7) is 6.89. The Kier molecular flexibility index (Phi) is 5.38. The topological polar surface area (TPSA) is 0 Å². The van der Waals surface area contributed by atoms with Crippen molar-refractivity contribution < 1.29 is 0 Å². The second-order valence-electron chi connectivity index (χ2n) is 6.99. The molecule has 0 bridgehead atoms. The molecule has 0 spiro atoms. The van der Waals surface area contributed by atoms with Gasteiger partial charge in [0.15, 0.2) is 0 Å². The van der Waals surface area contributed by atoms with Gasteiger partial charge in [-0.2, -0.15) is 0 Å². The summed E-state index contributed by atoms with van der Waals surface area (Å²) in [5, 5.41) is 0. The largest absolute Gasteiger partial charge is 0.0648 e. The number of hydrogen-bond acceptors (Lipinski definition) is 0. The summed E-state index contributed by atoms with van der Waals surface area (Å²) in [6, 6.07) is 31.0. The van der Waals surface area contributed by atoms with Gasteiger partial charge in [-0.05, 0) is 47.9 Å². The van der Waals surface area contributed by atoms with Crippen molar-refractivity contribution in [2.24, 2.45) is 0 Å². The molecule has 0 atom stereocenters. The highest BCUT2D eigenvalue weighted by Crippen LogP contribution is 2.39. The van der Waals surface area contributed by atoms with Crippen molar-refractivity contribution in [2.45, 2.75) is 44.9 Å². The smallest absolute Gasteiger partial charge is 0.0423 e. The first kappa shape index (κ1) is 17.5. The van der Waals surface area contributed by atoms with E-state index < -0.39 is 0 Å². The highest BCUT2D eigenvalue weighted by atomic mass is 14.3. The van der Waals surface area contributed by atoms with E-state index in [4.69, 9.17) is 0 Å². The molecular weight excluding hydrogens is 300 g/mol. The lowest BCUT2D eigenvalue weighted by Crippen LogP contribution is -2.25. The Morgan fingerprint density at radius 3 is 1.40 bits per heavy atom. The summed E-state index contributed by atoms with van der Waals surface area (Å²) >= 11 is 0. The maximum atomic E-state index is 2.34. The SMILES string of the molecule is CCC(CC)c1ccc(C(C)(c2ccccc2)c2ccccc2)cc1. The predicted molar refractivity (Wildman–Crippen MR) is 108 cm³/mol. The Morgan fingerprint density at radius 1 is 0.600 bits per heavy atom. The van der Waals surface area contributed by atoms with Crippen LogP contribution in [0.5, 0.6) is 0 Å². The van der Waals surface area contributed by atoms with Crippen molar-refractivity contribution in [3.05, 3.63) is 107 Å². The standard InChI is InChI=1S/C25H28/c1-4-20(5-2)21-16-18-24(19-17-21)25(3,22-12-8-6-9-13-22)23-14-10-7-11-15-23/h6-20H,4-5H2,1-3H3. The minimum Gasteiger partial charge on any atom is -0.0648 e. The molecule has 0 saturated heterocycles. The molecule has 0 aromatic heterocycles. The van der Waals surface area contributed by atoms with Gasteiger partial charge >= 0.3 is 0 Å². The molecule has 25 heavy (non-hydrogen) atoms. The van der Waals surface area contributed by atoms with Gasteiger partial charge < -0.3 is 0 Å². The van der Waals surface area contributed by atoms with Gasteiger partial charge in [0.05, 0.1) is 0 Å². The molecule has 3 rings (SSSR count). The van der Waals surface area contributed by atoms with Crippen LogP contribution in [0.4, 0.5) is 0 Å². The second-order valence-corrected chi connectivity index (χ2v) is 6.99. The van der Waals surface area contributed by atoms with Gasteiger partial charge in [-0.25, -0.2) is 0 Å². The van der Waals surface area contributed by atoms with Crippen LogP contribution < -0.4 is 0 Å². The van der Waals surface area contributed by atoms with Gasteiger partial charge in [0, 0.05) is 5.41 Å². The summed E-state index contributed by atoms with van der Waals surface area (Å²) in [6.07, 6.45) is 2.40. The molecule has 0 heterocycles. The fourth-order valence-corrected chi connectivity index (χ4v) is 3.89. The van der Waals surface area contributed by atoms with E-state index in [-0.39, 0.29) is 5.41 Å². The van der Waals surface area contributed by atoms with Crippen LogP contribution in [-0.4, -0.2) is 0 Å². The van der Waals surface area contributed by atoms with Crippen molar-refractivity contribution in [2.75, 3.05) is 0 Å². The first-order chi connectivity index (χ1) is 12.2. The molecule has 0 fully saturated rings.